The van der Waals surface area contributed by atoms with E-state index < -0.39 is 10.0 Å². The highest BCUT2D eigenvalue weighted by Gasteiger charge is 2.27. The first kappa shape index (κ1) is 15.1. The topological polar surface area (TPSA) is 66.9 Å². The van der Waals surface area contributed by atoms with Crippen molar-refractivity contribution in [2.75, 3.05) is 42.7 Å². The summed E-state index contributed by atoms with van der Waals surface area (Å²) in [6, 6.07) is 5.49. The number of hydrogen-bond donors (Lipinski definition) is 0. The normalized spacial score (nSPS) is 15.0. The number of sulfonamides is 1. The molecule has 3 rings (SSSR count). The first-order valence-electron chi connectivity index (χ1n) is 6.66. The summed E-state index contributed by atoms with van der Waals surface area (Å²) in [5.74, 6) is -0.382. The highest BCUT2D eigenvalue weighted by molar-refractivity contribution is 7.92. The molecule has 0 radical (unpaired) electrons. The summed E-state index contributed by atoms with van der Waals surface area (Å²) < 4.78 is 31.1. The maximum Gasteiger partial charge on any atom is 0.348 e. The van der Waals surface area contributed by atoms with Gasteiger partial charge in [0, 0.05) is 18.3 Å². The molecule has 8 heteroatoms. The number of anilines is 2. The van der Waals surface area contributed by atoms with Crippen molar-refractivity contribution in [1.29, 1.82) is 0 Å². The van der Waals surface area contributed by atoms with Gasteiger partial charge in [-0.25, -0.2) is 13.2 Å². The zero-order valence-electron chi connectivity index (χ0n) is 12.5. The highest BCUT2D eigenvalue weighted by atomic mass is 32.2. The van der Waals surface area contributed by atoms with E-state index >= 15 is 0 Å². The lowest BCUT2D eigenvalue weighted by Gasteiger charge is -2.35. The maximum absolute atomic E-state index is 12.0. The fourth-order valence-electron chi connectivity index (χ4n) is 2.60. The zero-order valence-corrected chi connectivity index (χ0v) is 14.1. The first-order chi connectivity index (χ1) is 10.3. The Morgan fingerprint density at radius 2 is 1.95 bits per heavy atom. The molecule has 0 saturated heterocycles. The summed E-state index contributed by atoms with van der Waals surface area (Å²) in [4.78, 5) is 14.2. The van der Waals surface area contributed by atoms with Gasteiger partial charge in [-0.15, -0.1) is 11.3 Å². The second-order valence-electron chi connectivity index (χ2n) is 5.24. The first-order valence-corrected chi connectivity index (χ1v) is 9.32. The van der Waals surface area contributed by atoms with Crippen LogP contribution in [0.3, 0.4) is 0 Å². The lowest BCUT2D eigenvalue weighted by Crippen LogP contribution is -2.42. The Hall–Kier alpha value is -1.80. The molecule has 0 spiro atoms. The SMILES string of the molecule is COC(=O)c1cc2cc3c(cc2s1)N(C)CCN3S(C)(=O)=O. The third-order valence-electron chi connectivity index (χ3n) is 3.72. The van der Waals surface area contributed by atoms with E-state index in [1.165, 1.54) is 29.0 Å². The molecule has 0 N–H and O–H groups in total. The van der Waals surface area contributed by atoms with E-state index in [1.54, 1.807) is 6.07 Å². The van der Waals surface area contributed by atoms with Crippen molar-refractivity contribution in [2.45, 2.75) is 0 Å². The fourth-order valence-corrected chi connectivity index (χ4v) is 4.51. The minimum atomic E-state index is -3.33. The van der Waals surface area contributed by atoms with Crippen molar-refractivity contribution in [2.24, 2.45) is 0 Å². The largest absolute Gasteiger partial charge is 0.465 e. The van der Waals surface area contributed by atoms with E-state index in [9.17, 15) is 13.2 Å². The molecule has 0 fully saturated rings. The van der Waals surface area contributed by atoms with Crippen molar-refractivity contribution < 1.29 is 17.9 Å². The number of likely N-dealkylation sites (N-methyl/N-ethyl adjacent to an activating group) is 1. The number of fused-ring (bicyclic) bond motifs is 2. The van der Waals surface area contributed by atoms with Crippen molar-refractivity contribution in [3.05, 3.63) is 23.1 Å². The van der Waals surface area contributed by atoms with Gasteiger partial charge in [-0.3, -0.25) is 4.31 Å². The molecule has 0 amide bonds. The summed E-state index contributed by atoms with van der Waals surface area (Å²) in [6.07, 6.45) is 1.21. The molecular weight excluding hydrogens is 324 g/mol. The molecule has 0 bridgehead atoms. The molecule has 0 aliphatic carbocycles. The van der Waals surface area contributed by atoms with E-state index in [0.29, 0.717) is 23.7 Å². The quantitative estimate of drug-likeness (QED) is 0.781. The maximum atomic E-state index is 12.0. The monoisotopic (exact) mass is 340 g/mol. The third kappa shape index (κ3) is 2.42. The summed E-state index contributed by atoms with van der Waals surface area (Å²) in [5.41, 5.74) is 1.50. The summed E-state index contributed by atoms with van der Waals surface area (Å²) in [6.45, 7) is 1.04. The predicted octanol–water partition coefficient (Wildman–Crippen LogP) is 1.90. The number of carbonyl (C=O) groups excluding carboxylic acids is 1. The molecule has 2 aromatic rings. The van der Waals surface area contributed by atoms with Gasteiger partial charge >= 0.3 is 5.97 Å². The van der Waals surface area contributed by atoms with Crippen LogP contribution in [0.15, 0.2) is 18.2 Å². The number of esters is 1. The van der Waals surface area contributed by atoms with Crippen molar-refractivity contribution in [1.82, 2.24) is 0 Å². The molecular formula is C14H16N2O4S2. The number of methoxy groups -OCH3 is 1. The average Bonchev–Trinajstić information content (AvgIpc) is 2.86. The van der Waals surface area contributed by atoms with Crippen LogP contribution >= 0.6 is 11.3 Å². The van der Waals surface area contributed by atoms with Gasteiger partial charge in [-0.1, -0.05) is 0 Å². The van der Waals surface area contributed by atoms with Gasteiger partial charge in [0.15, 0.2) is 0 Å². The van der Waals surface area contributed by atoms with Gasteiger partial charge in [-0.2, -0.15) is 0 Å². The van der Waals surface area contributed by atoms with Crippen LogP contribution in [-0.2, 0) is 14.8 Å². The number of hydrogen-bond acceptors (Lipinski definition) is 6. The van der Waals surface area contributed by atoms with Gasteiger partial charge in [-0.05, 0) is 23.6 Å². The van der Waals surface area contributed by atoms with Crippen LogP contribution in [0.4, 0.5) is 11.4 Å². The Bertz CT molecular complexity index is 857. The zero-order chi connectivity index (χ0) is 16.1. The number of nitrogens with zero attached hydrogens (tertiary/aromatic N) is 2. The Morgan fingerprint density at radius 1 is 1.23 bits per heavy atom. The molecule has 118 valence electrons. The van der Waals surface area contributed by atoms with Crippen LogP contribution in [0.2, 0.25) is 0 Å². The number of thiophene rings is 1. The van der Waals surface area contributed by atoms with Crippen molar-refractivity contribution in [3.8, 4) is 0 Å². The second-order valence-corrected chi connectivity index (χ2v) is 8.23. The van der Waals surface area contributed by atoms with Gasteiger partial charge in [0.2, 0.25) is 10.0 Å². The highest BCUT2D eigenvalue weighted by Crippen LogP contribution is 2.40. The second kappa shape index (κ2) is 5.13. The van der Waals surface area contributed by atoms with E-state index in [0.717, 1.165) is 15.8 Å². The number of benzene rings is 1. The molecule has 1 aliphatic heterocycles. The van der Waals surface area contributed by atoms with Crippen LogP contribution in [0, 0.1) is 0 Å². The lowest BCUT2D eigenvalue weighted by atomic mass is 10.1. The molecule has 0 unspecified atom stereocenters. The molecule has 22 heavy (non-hydrogen) atoms. The Kier molecular flexibility index (Phi) is 3.53. The van der Waals surface area contributed by atoms with Crippen LogP contribution in [-0.4, -0.2) is 47.9 Å². The Labute approximate surface area is 132 Å². The average molecular weight is 340 g/mol. The number of carbonyl (C=O) groups is 1. The Morgan fingerprint density at radius 3 is 2.59 bits per heavy atom. The predicted molar refractivity (Wildman–Crippen MR) is 88.6 cm³/mol. The third-order valence-corrected chi connectivity index (χ3v) is 5.98. The molecule has 1 aromatic heterocycles. The molecule has 0 atom stereocenters. The molecule has 6 nitrogen and oxygen atoms in total. The number of rotatable bonds is 2. The Balaban J connectivity index is 2.21. The van der Waals surface area contributed by atoms with Crippen LogP contribution in [0.25, 0.3) is 10.1 Å². The summed E-state index contributed by atoms with van der Waals surface area (Å²) in [5, 5.41) is 0.841. The minimum Gasteiger partial charge on any atom is -0.465 e. The molecule has 0 saturated carbocycles. The summed E-state index contributed by atoms with van der Waals surface area (Å²) in [7, 11) is -0.0533. The van der Waals surface area contributed by atoms with Gasteiger partial charge in [0.1, 0.15) is 4.88 Å². The van der Waals surface area contributed by atoms with Gasteiger partial charge in [0.25, 0.3) is 0 Å². The lowest BCUT2D eigenvalue weighted by molar-refractivity contribution is 0.0606. The van der Waals surface area contributed by atoms with E-state index in [4.69, 9.17) is 4.74 Å². The van der Waals surface area contributed by atoms with E-state index in [-0.39, 0.29) is 5.97 Å². The van der Waals surface area contributed by atoms with Gasteiger partial charge in [0.05, 0.1) is 31.3 Å². The van der Waals surface area contributed by atoms with Crippen molar-refractivity contribution in [3.63, 3.8) is 0 Å². The standard InChI is InChI=1S/C14H16N2O4S2/c1-15-4-5-16(22(3,18)19)11-6-9-7-13(14(17)20-2)21-12(9)8-10(11)15/h6-8H,4-5H2,1-3H3. The molecule has 2 heterocycles. The fraction of sp³-hybridized carbons (Fsp3) is 0.357. The van der Waals surface area contributed by atoms with Crippen molar-refractivity contribution >= 4 is 48.8 Å². The summed E-state index contributed by atoms with van der Waals surface area (Å²) >= 11 is 1.34. The number of ether oxygens (including phenoxy) is 1. The van der Waals surface area contributed by atoms with E-state index in [2.05, 4.69) is 0 Å². The molecule has 1 aromatic carbocycles. The van der Waals surface area contributed by atoms with Crippen LogP contribution < -0.4 is 9.21 Å². The molecule has 1 aliphatic rings. The van der Waals surface area contributed by atoms with Crippen LogP contribution in [0.1, 0.15) is 9.67 Å². The van der Waals surface area contributed by atoms with Gasteiger partial charge < -0.3 is 9.64 Å². The van der Waals surface area contributed by atoms with E-state index in [1.807, 2.05) is 24.1 Å². The van der Waals surface area contributed by atoms with Crippen LogP contribution in [0.5, 0.6) is 0 Å². The minimum absolute atomic E-state index is 0.382. The smallest absolute Gasteiger partial charge is 0.348 e.